The Morgan fingerprint density at radius 3 is 2.50 bits per heavy atom. The molecule has 0 aromatic heterocycles. The zero-order valence-electron chi connectivity index (χ0n) is 15.8. The van der Waals surface area contributed by atoms with Crippen LogP contribution in [0.3, 0.4) is 0 Å². The molecule has 1 amide bonds. The summed E-state index contributed by atoms with van der Waals surface area (Å²) in [5.41, 5.74) is 0.117. The molecule has 2 rings (SSSR count). The van der Waals surface area contributed by atoms with Crippen LogP contribution < -0.4 is 10.1 Å². The molecule has 146 valence electrons. The summed E-state index contributed by atoms with van der Waals surface area (Å²) in [5, 5.41) is 2.77. The van der Waals surface area contributed by atoms with Gasteiger partial charge in [0.1, 0.15) is 11.4 Å². The number of benzene rings is 1. The Morgan fingerprint density at radius 2 is 1.92 bits per heavy atom. The van der Waals surface area contributed by atoms with Crippen molar-refractivity contribution in [3.8, 4) is 5.75 Å². The van der Waals surface area contributed by atoms with Crippen molar-refractivity contribution < 1.29 is 22.7 Å². The van der Waals surface area contributed by atoms with Crippen LogP contribution in [0, 0.1) is 0 Å². The average Bonchev–Trinajstić information content (AvgIpc) is 2.53. The lowest BCUT2D eigenvalue weighted by Crippen LogP contribution is -2.50. The van der Waals surface area contributed by atoms with Crippen molar-refractivity contribution in [3.63, 3.8) is 0 Å². The molecule has 1 heterocycles. The number of nitrogens with zero attached hydrogens (tertiary/aromatic N) is 1. The van der Waals surface area contributed by atoms with E-state index in [0.717, 1.165) is 6.42 Å². The zero-order chi connectivity index (χ0) is 19.4. The smallest absolute Gasteiger partial charge is 0.407 e. The van der Waals surface area contributed by atoms with Crippen LogP contribution in [0.25, 0.3) is 0 Å². The fourth-order valence-electron chi connectivity index (χ4n) is 2.81. The maximum Gasteiger partial charge on any atom is 0.407 e. The van der Waals surface area contributed by atoms with E-state index in [2.05, 4.69) is 5.32 Å². The molecule has 0 bridgehead atoms. The highest BCUT2D eigenvalue weighted by atomic mass is 32.2. The fourth-order valence-corrected chi connectivity index (χ4v) is 4.42. The minimum absolute atomic E-state index is 0.0733. The first-order valence-corrected chi connectivity index (χ1v) is 10.3. The standard InChI is InChI=1S/C18H28N2O5S/c1-18(2,3)25-17(21)19-15-6-5-11-20(12-15)26(22,23)13-14-7-9-16(24-4)10-8-14/h7-10,15H,5-6,11-13H2,1-4H3,(H,19,21). The van der Waals surface area contributed by atoms with E-state index in [1.807, 2.05) is 0 Å². The van der Waals surface area contributed by atoms with Gasteiger partial charge in [0.15, 0.2) is 0 Å². The van der Waals surface area contributed by atoms with Crippen molar-refractivity contribution in [2.45, 2.75) is 51.0 Å². The summed E-state index contributed by atoms with van der Waals surface area (Å²) in [4.78, 5) is 11.9. The summed E-state index contributed by atoms with van der Waals surface area (Å²) in [7, 11) is -1.89. The average molecular weight is 384 g/mol. The molecule has 1 unspecified atom stereocenters. The second kappa shape index (κ2) is 8.26. The molecule has 26 heavy (non-hydrogen) atoms. The molecule has 0 spiro atoms. The minimum atomic E-state index is -3.46. The molecule has 1 aliphatic heterocycles. The number of rotatable bonds is 5. The lowest BCUT2D eigenvalue weighted by Gasteiger charge is -2.32. The van der Waals surface area contributed by atoms with E-state index in [-0.39, 0.29) is 18.3 Å². The Morgan fingerprint density at radius 1 is 1.27 bits per heavy atom. The normalized spacial score (nSPS) is 19.0. The molecule has 7 nitrogen and oxygen atoms in total. The lowest BCUT2D eigenvalue weighted by atomic mass is 10.1. The van der Waals surface area contributed by atoms with Gasteiger partial charge in [-0.25, -0.2) is 13.2 Å². The first-order chi connectivity index (χ1) is 12.1. The maximum absolute atomic E-state index is 12.7. The molecule has 1 atom stereocenters. The second-order valence-corrected chi connectivity index (χ2v) is 9.42. The summed E-state index contributed by atoms with van der Waals surface area (Å²) in [6.07, 6.45) is 0.910. The first-order valence-electron chi connectivity index (χ1n) is 8.69. The molecule has 1 fully saturated rings. The molecule has 0 aliphatic carbocycles. The Kier molecular flexibility index (Phi) is 6.52. The third-order valence-corrected chi connectivity index (χ3v) is 5.82. The van der Waals surface area contributed by atoms with Gasteiger partial charge in [0.25, 0.3) is 0 Å². The van der Waals surface area contributed by atoms with E-state index < -0.39 is 21.7 Å². The van der Waals surface area contributed by atoms with Gasteiger partial charge < -0.3 is 14.8 Å². The monoisotopic (exact) mass is 384 g/mol. The van der Waals surface area contributed by atoms with Gasteiger partial charge in [-0.2, -0.15) is 4.31 Å². The lowest BCUT2D eigenvalue weighted by molar-refractivity contribution is 0.0487. The summed E-state index contributed by atoms with van der Waals surface area (Å²) in [6, 6.07) is 6.74. The number of sulfonamides is 1. The predicted molar refractivity (Wildman–Crippen MR) is 99.6 cm³/mol. The first kappa shape index (κ1) is 20.5. The van der Waals surface area contributed by atoms with Crippen LogP contribution in [0.5, 0.6) is 5.75 Å². The largest absolute Gasteiger partial charge is 0.497 e. The number of alkyl carbamates (subject to hydrolysis) is 1. The number of hydrogen-bond donors (Lipinski definition) is 1. The number of carbonyl (C=O) groups is 1. The Hall–Kier alpha value is -1.80. The van der Waals surface area contributed by atoms with Crippen molar-refractivity contribution in [1.29, 1.82) is 0 Å². The summed E-state index contributed by atoms with van der Waals surface area (Å²) in [6.45, 7) is 6.10. The molecule has 0 saturated carbocycles. The van der Waals surface area contributed by atoms with E-state index in [0.29, 0.717) is 24.3 Å². The van der Waals surface area contributed by atoms with Gasteiger partial charge in [-0.15, -0.1) is 0 Å². The predicted octanol–water partition coefficient (Wildman–Crippen LogP) is 2.51. The van der Waals surface area contributed by atoms with E-state index in [4.69, 9.17) is 9.47 Å². The number of carbonyl (C=O) groups excluding carboxylic acids is 1. The van der Waals surface area contributed by atoms with Crippen LogP contribution in [0.15, 0.2) is 24.3 Å². The Bertz CT molecular complexity index is 710. The van der Waals surface area contributed by atoms with Gasteiger partial charge >= 0.3 is 6.09 Å². The van der Waals surface area contributed by atoms with Gasteiger partial charge in [0, 0.05) is 19.1 Å². The van der Waals surface area contributed by atoms with Gasteiger partial charge in [-0.3, -0.25) is 0 Å². The van der Waals surface area contributed by atoms with E-state index in [1.165, 1.54) is 4.31 Å². The van der Waals surface area contributed by atoms with E-state index >= 15 is 0 Å². The third kappa shape index (κ3) is 6.17. The highest BCUT2D eigenvalue weighted by Gasteiger charge is 2.30. The summed E-state index contributed by atoms with van der Waals surface area (Å²) < 4.78 is 37.2. The molecule has 1 aromatic carbocycles. The molecule has 8 heteroatoms. The number of hydrogen-bond acceptors (Lipinski definition) is 5. The second-order valence-electron chi connectivity index (χ2n) is 7.45. The minimum Gasteiger partial charge on any atom is -0.497 e. The van der Waals surface area contributed by atoms with Crippen molar-refractivity contribution in [2.75, 3.05) is 20.2 Å². The van der Waals surface area contributed by atoms with Crippen LogP contribution in [-0.4, -0.2) is 50.7 Å². The summed E-state index contributed by atoms with van der Waals surface area (Å²) in [5.74, 6) is 0.613. The molecule has 0 radical (unpaired) electrons. The van der Waals surface area contributed by atoms with Crippen LogP contribution in [-0.2, 0) is 20.5 Å². The number of piperidine rings is 1. The van der Waals surface area contributed by atoms with Crippen molar-refractivity contribution in [3.05, 3.63) is 29.8 Å². The molecule has 1 saturated heterocycles. The number of amides is 1. The SMILES string of the molecule is COc1ccc(CS(=O)(=O)N2CCCC(NC(=O)OC(C)(C)C)C2)cc1. The van der Waals surface area contributed by atoms with Crippen molar-refractivity contribution in [1.82, 2.24) is 9.62 Å². The Labute approximate surface area is 155 Å². The van der Waals surface area contributed by atoms with Crippen LogP contribution in [0.2, 0.25) is 0 Å². The van der Waals surface area contributed by atoms with E-state index in [1.54, 1.807) is 52.1 Å². The molecule has 1 aliphatic rings. The van der Waals surface area contributed by atoms with Crippen LogP contribution >= 0.6 is 0 Å². The molecular weight excluding hydrogens is 356 g/mol. The molecular formula is C18H28N2O5S. The van der Waals surface area contributed by atoms with E-state index in [9.17, 15) is 13.2 Å². The van der Waals surface area contributed by atoms with Gasteiger partial charge in [0.2, 0.25) is 10.0 Å². The highest BCUT2D eigenvalue weighted by Crippen LogP contribution is 2.20. The number of ether oxygens (including phenoxy) is 2. The van der Waals surface area contributed by atoms with Crippen LogP contribution in [0.4, 0.5) is 4.79 Å². The van der Waals surface area contributed by atoms with Crippen molar-refractivity contribution >= 4 is 16.1 Å². The molecule has 1 N–H and O–H groups in total. The summed E-state index contributed by atoms with van der Waals surface area (Å²) >= 11 is 0. The highest BCUT2D eigenvalue weighted by molar-refractivity contribution is 7.88. The quantitative estimate of drug-likeness (QED) is 0.843. The molecule has 1 aromatic rings. The fraction of sp³-hybridized carbons (Fsp3) is 0.611. The van der Waals surface area contributed by atoms with Gasteiger partial charge in [-0.05, 0) is 51.3 Å². The zero-order valence-corrected chi connectivity index (χ0v) is 16.6. The Balaban J connectivity index is 1.97. The maximum atomic E-state index is 12.7. The number of nitrogens with one attached hydrogen (secondary N) is 1. The van der Waals surface area contributed by atoms with Crippen LogP contribution in [0.1, 0.15) is 39.2 Å². The van der Waals surface area contributed by atoms with Gasteiger partial charge in [0.05, 0.1) is 12.9 Å². The van der Waals surface area contributed by atoms with Gasteiger partial charge in [-0.1, -0.05) is 12.1 Å². The number of methoxy groups -OCH3 is 1. The topological polar surface area (TPSA) is 84.9 Å². The van der Waals surface area contributed by atoms with Crippen molar-refractivity contribution in [2.24, 2.45) is 0 Å². The third-order valence-electron chi connectivity index (χ3n) is 4.01.